The van der Waals surface area contributed by atoms with E-state index in [1.807, 2.05) is 6.20 Å². The summed E-state index contributed by atoms with van der Waals surface area (Å²) in [6.45, 7) is 7.46. The molecule has 0 radical (unpaired) electrons. The van der Waals surface area contributed by atoms with Gasteiger partial charge in [0.25, 0.3) is 0 Å². The highest BCUT2D eigenvalue weighted by atomic mass is 16.5. The van der Waals surface area contributed by atoms with E-state index in [0.717, 1.165) is 52.3 Å². The largest absolute Gasteiger partial charge is 0.376 e. The number of aromatic nitrogens is 2. The minimum atomic E-state index is 0.324. The van der Waals surface area contributed by atoms with Gasteiger partial charge in [-0.25, -0.2) is 0 Å². The first-order valence-electron chi connectivity index (χ1n) is 9.96. The van der Waals surface area contributed by atoms with Crippen molar-refractivity contribution in [1.82, 2.24) is 20.0 Å². The average Bonchev–Trinajstić information content (AvgIpc) is 3.12. The molecule has 5 nitrogen and oxygen atoms in total. The molecule has 1 aromatic heterocycles. The topological polar surface area (TPSA) is 44.4 Å². The molecule has 0 aliphatic carbocycles. The third-order valence-electron chi connectivity index (χ3n) is 5.69. The minimum Gasteiger partial charge on any atom is -0.376 e. The van der Waals surface area contributed by atoms with Gasteiger partial charge in [0, 0.05) is 50.6 Å². The second-order valence-corrected chi connectivity index (χ2v) is 7.65. The summed E-state index contributed by atoms with van der Waals surface area (Å²) < 4.78 is 6.17. The quantitative estimate of drug-likeness (QED) is 0.897. The van der Waals surface area contributed by atoms with Crippen LogP contribution in [0.3, 0.4) is 0 Å². The van der Waals surface area contributed by atoms with Crippen molar-refractivity contribution in [2.75, 3.05) is 39.3 Å². The second-order valence-electron chi connectivity index (χ2n) is 7.65. The molecule has 26 heavy (non-hydrogen) atoms. The molecule has 5 heteroatoms. The smallest absolute Gasteiger partial charge is 0.0828 e. The maximum atomic E-state index is 6.17. The van der Waals surface area contributed by atoms with Crippen molar-refractivity contribution in [2.45, 2.75) is 37.8 Å². The highest BCUT2D eigenvalue weighted by Gasteiger charge is 2.25. The third-order valence-corrected chi connectivity index (χ3v) is 5.69. The summed E-state index contributed by atoms with van der Waals surface area (Å²) in [5.74, 6) is 0.637. The van der Waals surface area contributed by atoms with Gasteiger partial charge in [0.15, 0.2) is 0 Å². The number of piperidine rings is 1. The zero-order valence-corrected chi connectivity index (χ0v) is 15.5. The third kappa shape index (κ3) is 4.72. The Hall–Kier alpha value is -1.69. The molecule has 0 amide bonds. The van der Waals surface area contributed by atoms with Crippen molar-refractivity contribution in [3.8, 4) is 0 Å². The zero-order chi connectivity index (χ0) is 17.6. The van der Waals surface area contributed by atoms with E-state index in [9.17, 15) is 0 Å². The predicted octanol–water partition coefficient (Wildman–Crippen LogP) is 2.88. The molecule has 4 rings (SSSR count). The van der Waals surface area contributed by atoms with Crippen molar-refractivity contribution < 1.29 is 4.74 Å². The van der Waals surface area contributed by atoms with Crippen LogP contribution >= 0.6 is 0 Å². The molecule has 2 aliphatic rings. The van der Waals surface area contributed by atoms with Crippen LogP contribution in [0.2, 0.25) is 0 Å². The van der Waals surface area contributed by atoms with Gasteiger partial charge >= 0.3 is 0 Å². The van der Waals surface area contributed by atoms with E-state index < -0.39 is 0 Å². The molecule has 1 unspecified atom stereocenters. The average molecular weight is 354 g/mol. The Morgan fingerprint density at radius 2 is 1.88 bits per heavy atom. The number of nitrogens with one attached hydrogen (secondary N) is 1. The number of hydrogen-bond acceptors (Lipinski definition) is 4. The van der Waals surface area contributed by atoms with Gasteiger partial charge in [-0.05, 0) is 44.0 Å². The fourth-order valence-electron chi connectivity index (χ4n) is 4.27. The van der Waals surface area contributed by atoms with Crippen molar-refractivity contribution in [3.63, 3.8) is 0 Å². The van der Waals surface area contributed by atoms with Crippen LogP contribution in [-0.4, -0.2) is 65.4 Å². The lowest BCUT2D eigenvalue weighted by Gasteiger charge is -2.34. The molecule has 2 aliphatic heterocycles. The van der Waals surface area contributed by atoms with E-state index in [4.69, 9.17) is 4.74 Å². The minimum absolute atomic E-state index is 0.324. The second kappa shape index (κ2) is 8.80. The van der Waals surface area contributed by atoms with Crippen molar-refractivity contribution >= 4 is 0 Å². The first-order chi connectivity index (χ1) is 12.9. The van der Waals surface area contributed by atoms with Gasteiger partial charge < -0.3 is 9.64 Å². The number of hydrogen-bond donors (Lipinski definition) is 1. The van der Waals surface area contributed by atoms with Gasteiger partial charge in [0.1, 0.15) is 0 Å². The summed E-state index contributed by atoms with van der Waals surface area (Å²) in [6.07, 6.45) is 5.74. The first kappa shape index (κ1) is 17.7. The first-order valence-corrected chi connectivity index (χ1v) is 9.96. The fraction of sp³-hybridized carbons (Fsp3) is 0.571. The number of H-pyrrole nitrogens is 1. The van der Waals surface area contributed by atoms with E-state index in [1.54, 1.807) is 0 Å². The van der Waals surface area contributed by atoms with Crippen molar-refractivity contribution in [3.05, 3.63) is 53.9 Å². The van der Waals surface area contributed by atoms with E-state index >= 15 is 0 Å². The molecule has 3 heterocycles. The lowest BCUT2D eigenvalue weighted by Crippen LogP contribution is -2.43. The van der Waals surface area contributed by atoms with Crippen LogP contribution in [0, 0.1) is 0 Å². The molecule has 1 N–H and O–H groups in total. The Morgan fingerprint density at radius 1 is 1.04 bits per heavy atom. The maximum Gasteiger partial charge on any atom is 0.0828 e. The molecule has 1 atom stereocenters. The number of rotatable bonds is 5. The van der Waals surface area contributed by atoms with Crippen LogP contribution < -0.4 is 0 Å². The number of benzene rings is 1. The zero-order valence-electron chi connectivity index (χ0n) is 15.5. The molecule has 0 saturated carbocycles. The van der Waals surface area contributed by atoms with Crippen LogP contribution in [0.15, 0.2) is 42.6 Å². The Balaban J connectivity index is 1.27. The molecule has 2 fully saturated rings. The monoisotopic (exact) mass is 354 g/mol. The van der Waals surface area contributed by atoms with E-state index in [1.165, 1.54) is 24.1 Å². The summed E-state index contributed by atoms with van der Waals surface area (Å²) in [6, 6.07) is 12.9. The van der Waals surface area contributed by atoms with E-state index in [-0.39, 0.29) is 0 Å². The van der Waals surface area contributed by atoms with Gasteiger partial charge in [0.05, 0.1) is 6.10 Å². The Morgan fingerprint density at radius 3 is 2.65 bits per heavy atom. The summed E-state index contributed by atoms with van der Waals surface area (Å²) >= 11 is 0. The SMILES string of the molecule is c1ccc(CN2CCCOC(CN3CCC(c4ccn[nH]4)CC3)C2)cc1. The lowest BCUT2D eigenvalue weighted by atomic mass is 9.93. The summed E-state index contributed by atoms with van der Waals surface area (Å²) in [4.78, 5) is 5.15. The number of ether oxygens (including phenoxy) is 1. The Kier molecular flexibility index (Phi) is 5.99. The molecule has 1 aromatic carbocycles. The lowest BCUT2D eigenvalue weighted by molar-refractivity contribution is 0.0202. The highest BCUT2D eigenvalue weighted by molar-refractivity contribution is 5.14. The number of nitrogens with zero attached hydrogens (tertiary/aromatic N) is 3. The van der Waals surface area contributed by atoms with Crippen molar-refractivity contribution in [2.24, 2.45) is 0 Å². The normalized spacial score (nSPS) is 23.8. The Bertz CT molecular complexity index is 637. The van der Waals surface area contributed by atoms with Gasteiger partial charge in [0.2, 0.25) is 0 Å². The molecular formula is C21H30N4O. The van der Waals surface area contributed by atoms with Crippen LogP contribution in [0.1, 0.15) is 36.4 Å². The van der Waals surface area contributed by atoms with Gasteiger partial charge in [-0.2, -0.15) is 5.10 Å². The fourth-order valence-corrected chi connectivity index (χ4v) is 4.27. The molecular weight excluding hydrogens is 324 g/mol. The van der Waals surface area contributed by atoms with Crippen molar-refractivity contribution in [1.29, 1.82) is 0 Å². The molecule has 0 spiro atoms. The molecule has 0 bridgehead atoms. The summed E-state index contributed by atoms with van der Waals surface area (Å²) in [7, 11) is 0. The van der Waals surface area contributed by atoms with Crippen LogP contribution in [0.5, 0.6) is 0 Å². The highest BCUT2D eigenvalue weighted by Crippen LogP contribution is 2.26. The summed E-state index contributed by atoms with van der Waals surface area (Å²) in [5.41, 5.74) is 2.69. The number of likely N-dealkylation sites (tertiary alicyclic amines) is 1. The molecule has 2 saturated heterocycles. The van der Waals surface area contributed by atoms with E-state index in [2.05, 4.69) is 56.4 Å². The standard InChI is InChI=1S/C21H30N4O/c1-2-5-18(6-3-1)15-25-11-4-14-26-20(17-25)16-24-12-8-19(9-13-24)21-7-10-22-23-21/h1-3,5-7,10,19-20H,4,8-9,11-17H2,(H,22,23). The van der Waals surface area contributed by atoms with E-state index in [0.29, 0.717) is 12.0 Å². The van der Waals surface area contributed by atoms with Crippen LogP contribution in [0.25, 0.3) is 0 Å². The van der Waals surface area contributed by atoms with Crippen LogP contribution in [-0.2, 0) is 11.3 Å². The number of aromatic amines is 1. The predicted molar refractivity (Wildman–Crippen MR) is 103 cm³/mol. The summed E-state index contributed by atoms with van der Waals surface area (Å²) in [5, 5.41) is 7.24. The molecule has 2 aromatic rings. The van der Waals surface area contributed by atoms with Gasteiger partial charge in [-0.15, -0.1) is 0 Å². The maximum absolute atomic E-state index is 6.17. The Labute approximate surface area is 156 Å². The van der Waals surface area contributed by atoms with Crippen LogP contribution in [0.4, 0.5) is 0 Å². The molecule has 140 valence electrons. The van der Waals surface area contributed by atoms with Gasteiger partial charge in [-0.1, -0.05) is 30.3 Å². The van der Waals surface area contributed by atoms with Gasteiger partial charge in [-0.3, -0.25) is 10.00 Å².